The van der Waals surface area contributed by atoms with E-state index < -0.39 is 0 Å². The molecule has 1 saturated heterocycles. The largest absolute Gasteiger partial charge is 0.490 e. The zero-order chi connectivity index (χ0) is 13.5. The normalized spacial score (nSPS) is 20.1. The second-order valence-corrected chi connectivity index (χ2v) is 5.11. The molecule has 1 atom stereocenters. The Morgan fingerprint density at radius 3 is 3.11 bits per heavy atom. The molecular weight excluding hydrogens is 238 g/mol. The van der Waals surface area contributed by atoms with Crippen molar-refractivity contribution in [3.8, 4) is 5.75 Å². The monoisotopic (exact) mass is 263 g/mol. The molecule has 0 radical (unpaired) electrons. The van der Waals surface area contributed by atoms with Gasteiger partial charge in [-0.25, -0.2) is 4.98 Å². The standard InChI is InChI=1S/C15H25N3O/c1-2-11-19-14-8-6-9-17-15(14)18-10-5-3-4-7-13(18)12-16/h6,8-9,13H,2-5,7,10-12,16H2,1H3. The number of pyridine rings is 1. The lowest BCUT2D eigenvalue weighted by Crippen LogP contribution is -2.41. The Labute approximate surface area is 116 Å². The highest BCUT2D eigenvalue weighted by atomic mass is 16.5. The van der Waals surface area contributed by atoms with Crippen LogP contribution in [-0.2, 0) is 0 Å². The summed E-state index contributed by atoms with van der Waals surface area (Å²) in [4.78, 5) is 6.89. The first kappa shape index (κ1) is 14.1. The fraction of sp³-hybridized carbons (Fsp3) is 0.667. The predicted octanol–water partition coefficient (Wildman–Crippen LogP) is 2.58. The highest BCUT2D eigenvalue weighted by Crippen LogP contribution is 2.30. The van der Waals surface area contributed by atoms with Gasteiger partial charge in [-0.05, 0) is 31.4 Å². The molecule has 2 rings (SSSR count). The smallest absolute Gasteiger partial charge is 0.171 e. The van der Waals surface area contributed by atoms with Gasteiger partial charge in [0.05, 0.1) is 6.61 Å². The average Bonchev–Trinajstić information content (AvgIpc) is 2.70. The van der Waals surface area contributed by atoms with Crippen molar-refractivity contribution in [1.29, 1.82) is 0 Å². The average molecular weight is 263 g/mol. The summed E-state index contributed by atoms with van der Waals surface area (Å²) in [5.41, 5.74) is 5.94. The van der Waals surface area contributed by atoms with Gasteiger partial charge in [0.1, 0.15) is 0 Å². The summed E-state index contributed by atoms with van der Waals surface area (Å²) in [6.07, 6.45) is 7.75. The quantitative estimate of drug-likeness (QED) is 0.887. The van der Waals surface area contributed by atoms with Gasteiger partial charge in [-0.3, -0.25) is 0 Å². The minimum absolute atomic E-state index is 0.390. The molecule has 1 unspecified atom stereocenters. The molecule has 1 aromatic heterocycles. The van der Waals surface area contributed by atoms with Crippen LogP contribution in [0.2, 0.25) is 0 Å². The van der Waals surface area contributed by atoms with E-state index in [0.29, 0.717) is 12.6 Å². The molecular formula is C15H25N3O. The molecule has 0 aromatic carbocycles. The summed E-state index contributed by atoms with van der Waals surface area (Å²) >= 11 is 0. The molecule has 19 heavy (non-hydrogen) atoms. The van der Waals surface area contributed by atoms with E-state index in [1.165, 1.54) is 19.3 Å². The van der Waals surface area contributed by atoms with Crippen LogP contribution in [-0.4, -0.2) is 30.7 Å². The van der Waals surface area contributed by atoms with E-state index in [2.05, 4.69) is 16.8 Å². The molecule has 0 aliphatic carbocycles. The van der Waals surface area contributed by atoms with Crippen molar-refractivity contribution in [3.05, 3.63) is 18.3 Å². The molecule has 0 bridgehead atoms. The summed E-state index contributed by atoms with van der Waals surface area (Å²) in [7, 11) is 0. The first-order valence-corrected chi connectivity index (χ1v) is 7.41. The van der Waals surface area contributed by atoms with Crippen LogP contribution < -0.4 is 15.4 Å². The molecule has 1 aliphatic rings. The molecule has 1 aromatic rings. The number of ether oxygens (including phenoxy) is 1. The lowest BCUT2D eigenvalue weighted by Gasteiger charge is -2.31. The molecule has 0 amide bonds. The van der Waals surface area contributed by atoms with Gasteiger partial charge < -0.3 is 15.4 Å². The molecule has 4 heteroatoms. The molecule has 1 fully saturated rings. The maximum Gasteiger partial charge on any atom is 0.171 e. The third-order valence-corrected chi connectivity index (χ3v) is 3.63. The van der Waals surface area contributed by atoms with Crippen molar-refractivity contribution >= 4 is 5.82 Å². The number of nitrogens with zero attached hydrogens (tertiary/aromatic N) is 2. The first-order valence-electron chi connectivity index (χ1n) is 7.41. The van der Waals surface area contributed by atoms with Gasteiger partial charge in [0.15, 0.2) is 11.6 Å². The third-order valence-electron chi connectivity index (χ3n) is 3.63. The van der Waals surface area contributed by atoms with Crippen molar-refractivity contribution in [1.82, 2.24) is 4.98 Å². The lowest BCUT2D eigenvalue weighted by molar-refractivity contribution is 0.315. The van der Waals surface area contributed by atoms with Crippen molar-refractivity contribution < 1.29 is 4.74 Å². The summed E-state index contributed by atoms with van der Waals surface area (Å²) in [6.45, 7) is 4.57. The summed E-state index contributed by atoms with van der Waals surface area (Å²) in [5, 5.41) is 0. The predicted molar refractivity (Wildman–Crippen MR) is 78.7 cm³/mol. The summed E-state index contributed by atoms with van der Waals surface area (Å²) < 4.78 is 5.83. The van der Waals surface area contributed by atoms with Crippen molar-refractivity contribution in [3.63, 3.8) is 0 Å². The Kier molecular flexibility index (Phi) is 5.45. The number of hydrogen-bond acceptors (Lipinski definition) is 4. The zero-order valence-electron chi connectivity index (χ0n) is 11.8. The SMILES string of the molecule is CCCOc1cccnc1N1CCCCCC1CN. The van der Waals surface area contributed by atoms with Gasteiger partial charge in [-0.1, -0.05) is 19.8 Å². The van der Waals surface area contributed by atoms with Gasteiger partial charge in [0.25, 0.3) is 0 Å². The maximum absolute atomic E-state index is 5.94. The molecule has 2 N–H and O–H groups in total. The Bertz CT molecular complexity index is 383. The minimum atomic E-state index is 0.390. The number of rotatable bonds is 5. The van der Waals surface area contributed by atoms with Gasteiger partial charge in [-0.2, -0.15) is 0 Å². The summed E-state index contributed by atoms with van der Waals surface area (Å²) in [6, 6.07) is 4.33. The molecule has 1 aliphatic heterocycles. The lowest BCUT2D eigenvalue weighted by atomic mass is 10.1. The van der Waals surface area contributed by atoms with Crippen LogP contribution >= 0.6 is 0 Å². The minimum Gasteiger partial charge on any atom is -0.490 e. The van der Waals surface area contributed by atoms with E-state index in [1.54, 1.807) is 0 Å². The van der Waals surface area contributed by atoms with Crippen LogP contribution in [0.25, 0.3) is 0 Å². The molecule has 4 nitrogen and oxygen atoms in total. The summed E-state index contributed by atoms with van der Waals surface area (Å²) in [5.74, 6) is 1.86. The van der Waals surface area contributed by atoms with E-state index in [4.69, 9.17) is 10.5 Å². The Balaban J connectivity index is 2.21. The van der Waals surface area contributed by atoms with Crippen LogP contribution in [0.4, 0.5) is 5.82 Å². The van der Waals surface area contributed by atoms with E-state index in [1.807, 2.05) is 18.3 Å². The topological polar surface area (TPSA) is 51.4 Å². The molecule has 106 valence electrons. The number of anilines is 1. The molecule has 0 saturated carbocycles. The Hall–Kier alpha value is -1.29. The zero-order valence-corrected chi connectivity index (χ0v) is 11.8. The Morgan fingerprint density at radius 2 is 2.32 bits per heavy atom. The van der Waals surface area contributed by atoms with Crippen LogP contribution in [0.5, 0.6) is 5.75 Å². The number of hydrogen-bond donors (Lipinski definition) is 1. The van der Waals surface area contributed by atoms with Crippen LogP contribution in [0.1, 0.15) is 39.0 Å². The maximum atomic E-state index is 5.94. The van der Waals surface area contributed by atoms with Crippen molar-refractivity contribution in [2.24, 2.45) is 5.73 Å². The molecule has 2 heterocycles. The fourth-order valence-corrected chi connectivity index (χ4v) is 2.62. The van der Waals surface area contributed by atoms with E-state index >= 15 is 0 Å². The van der Waals surface area contributed by atoms with E-state index in [0.717, 1.165) is 37.6 Å². The highest BCUT2D eigenvalue weighted by Gasteiger charge is 2.23. The van der Waals surface area contributed by atoms with Gasteiger partial charge in [-0.15, -0.1) is 0 Å². The number of nitrogens with two attached hydrogens (primary N) is 1. The van der Waals surface area contributed by atoms with Crippen LogP contribution in [0.15, 0.2) is 18.3 Å². The van der Waals surface area contributed by atoms with E-state index in [9.17, 15) is 0 Å². The number of aromatic nitrogens is 1. The van der Waals surface area contributed by atoms with Crippen molar-refractivity contribution in [2.45, 2.75) is 45.1 Å². The third kappa shape index (κ3) is 3.60. The van der Waals surface area contributed by atoms with Crippen LogP contribution in [0, 0.1) is 0 Å². The Morgan fingerprint density at radius 1 is 1.42 bits per heavy atom. The van der Waals surface area contributed by atoms with E-state index in [-0.39, 0.29) is 0 Å². The highest BCUT2D eigenvalue weighted by molar-refractivity contribution is 5.53. The fourth-order valence-electron chi connectivity index (χ4n) is 2.62. The van der Waals surface area contributed by atoms with Gasteiger partial charge in [0.2, 0.25) is 0 Å². The second-order valence-electron chi connectivity index (χ2n) is 5.11. The van der Waals surface area contributed by atoms with Crippen molar-refractivity contribution in [2.75, 3.05) is 24.6 Å². The second kappa shape index (κ2) is 7.34. The van der Waals surface area contributed by atoms with Gasteiger partial charge in [0, 0.05) is 25.3 Å². The molecule has 0 spiro atoms. The first-order chi connectivity index (χ1) is 9.36. The van der Waals surface area contributed by atoms with Gasteiger partial charge >= 0.3 is 0 Å². The van der Waals surface area contributed by atoms with Crippen LogP contribution in [0.3, 0.4) is 0 Å².